The Morgan fingerprint density at radius 3 is 3.04 bits per heavy atom. The van der Waals surface area contributed by atoms with E-state index in [0.717, 1.165) is 43.8 Å². The number of carbonyl (C=O) groups is 1. The second-order valence-corrected chi connectivity index (χ2v) is 8.07. The highest BCUT2D eigenvalue weighted by atomic mass is 16.6. The summed E-state index contributed by atoms with van der Waals surface area (Å²) in [6.45, 7) is 2.20. The van der Waals surface area contributed by atoms with Crippen molar-refractivity contribution in [3.8, 4) is 0 Å². The van der Waals surface area contributed by atoms with Gasteiger partial charge in [0.1, 0.15) is 18.1 Å². The van der Waals surface area contributed by atoms with Gasteiger partial charge in [0.05, 0.1) is 12.3 Å². The Morgan fingerprint density at radius 2 is 2.26 bits per heavy atom. The first-order chi connectivity index (χ1) is 13.2. The van der Waals surface area contributed by atoms with Crippen molar-refractivity contribution in [2.75, 3.05) is 0 Å². The molecule has 1 amide bonds. The molecule has 2 aliphatic carbocycles. The predicted octanol–water partition coefficient (Wildman–Crippen LogP) is 2.25. The van der Waals surface area contributed by atoms with Crippen molar-refractivity contribution in [3.05, 3.63) is 23.9 Å². The van der Waals surface area contributed by atoms with Crippen LogP contribution in [0.3, 0.4) is 0 Å². The molecule has 5 rings (SSSR count). The van der Waals surface area contributed by atoms with Crippen LogP contribution in [0.1, 0.15) is 69.1 Å². The van der Waals surface area contributed by atoms with Gasteiger partial charge >= 0.3 is 6.09 Å². The van der Waals surface area contributed by atoms with Crippen molar-refractivity contribution in [1.29, 1.82) is 0 Å². The molecule has 0 aromatic carbocycles. The second kappa shape index (κ2) is 6.65. The summed E-state index contributed by atoms with van der Waals surface area (Å²) in [6.07, 6.45) is 11.6. The number of nitrogens with one attached hydrogen (secondary N) is 2. The molecule has 5 atom stereocenters. The van der Waals surface area contributed by atoms with Crippen LogP contribution in [0.4, 0.5) is 4.79 Å². The number of alkyl carbamates (subject to hydrolysis) is 1. The van der Waals surface area contributed by atoms with Crippen molar-refractivity contribution < 1.29 is 9.53 Å². The lowest BCUT2D eigenvalue weighted by Gasteiger charge is -2.27. The third-order valence-electron chi connectivity index (χ3n) is 6.49. The summed E-state index contributed by atoms with van der Waals surface area (Å²) < 4.78 is 7.96. The summed E-state index contributed by atoms with van der Waals surface area (Å²) in [5.74, 6) is 2.49. The predicted molar refractivity (Wildman–Crippen MR) is 99.5 cm³/mol. The molecule has 8 nitrogen and oxygen atoms in total. The standard InChI is InChI=1S/C19H26N6O2/c1-2-11-8-13(27-19(26)22-12-4-3-5-12)9-14(11)18-24-23-16-10-21-17-15(25(16)18)6-7-20-17/h6-7,10-15,17,20H,2-5,8-9H2,1H3,(H,22,26)/t11-,13-,14+,15?,17?/m1/s1. The molecular formula is C19H26N6O2. The quantitative estimate of drug-likeness (QED) is 0.848. The number of ether oxygens (including phenoxy) is 1. The number of nitrogens with zero attached hydrogens (tertiary/aromatic N) is 4. The van der Waals surface area contributed by atoms with Gasteiger partial charge in [-0.3, -0.25) is 9.56 Å². The summed E-state index contributed by atoms with van der Waals surface area (Å²) in [4.78, 5) is 16.7. The number of hydrogen-bond acceptors (Lipinski definition) is 6. The second-order valence-electron chi connectivity index (χ2n) is 8.07. The Morgan fingerprint density at radius 1 is 1.37 bits per heavy atom. The van der Waals surface area contributed by atoms with Gasteiger partial charge in [-0.25, -0.2) is 4.79 Å². The van der Waals surface area contributed by atoms with Crippen LogP contribution >= 0.6 is 0 Å². The minimum absolute atomic E-state index is 0.0223. The van der Waals surface area contributed by atoms with E-state index in [9.17, 15) is 4.79 Å². The maximum Gasteiger partial charge on any atom is 0.407 e. The lowest BCUT2D eigenvalue weighted by molar-refractivity contribution is 0.0913. The van der Waals surface area contributed by atoms with Gasteiger partial charge in [-0.15, -0.1) is 10.2 Å². The maximum absolute atomic E-state index is 12.2. The first-order valence-electron chi connectivity index (χ1n) is 10.1. The molecule has 27 heavy (non-hydrogen) atoms. The highest BCUT2D eigenvalue weighted by molar-refractivity contribution is 5.76. The fraction of sp³-hybridized carbons (Fsp3) is 0.684. The van der Waals surface area contributed by atoms with Crippen molar-refractivity contribution in [2.24, 2.45) is 10.9 Å². The Labute approximate surface area is 158 Å². The Bertz CT molecular complexity index is 783. The molecule has 4 aliphatic rings. The molecular weight excluding hydrogens is 344 g/mol. The first-order valence-corrected chi connectivity index (χ1v) is 10.1. The van der Waals surface area contributed by atoms with Gasteiger partial charge < -0.3 is 15.4 Å². The van der Waals surface area contributed by atoms with Crippen LogP contribution in [0.5, 0.6) is 0 Å². The molecule has 2 aliphatic heterocycles. The van der Waals surface area contributed by atoms with Gasteiger partial charge in [-0.05, 0) is 50.3 Å². The normalized spacial score (nSPS) is 33.9. The van der Waals surface area contributed by atoms with E-state index in [1.165, 1.54) is 6.42 Å². The minimum atomic E-state index is -0.265. The number of carbonyl (C=O) groups excluding carboxylic acids is 1. The van der Waals surface area contributed by atoms with Gasteiger partial charge in [0, 0.05) is 12.0 Å². The number of fused-ring (bicyclic) bond motifs is 3. The highest BCUT2D eigenvalue weighted by Gasteiger charge is 2.42. The van der Waals surface area contributed by atoms with Gasteiger partial charge in [0.2, 0.25) is 0 Å². The fourth-order valence-electron chi connectivity index (χ4n) is 4.77. The van der Waals surface area contributed by atoms with Crippen molar-refractivity contribution in [3.63, 3.8) is 0 Å². The minimum Gasteiger partial charge on any atom is -0.446 e. The lowest BCUT2D eigenvalue weighted by atomic mass is 9.92. The van der Waals surface area contributed by atoms with Crippen LogP contribution in [0.2, 0.25) is 0 Å². The van der Waals surface area contributed by atoms with Crippen molar-refractivity contribution in [1.82, 2.24) is 25.4 Å². The molecule has 1 aromatic rings. The van der Waals surface area contributed by atoms with Gasteiger partial charge in [0.25, 0.3) is 0 Å². The van der Waals surface area contributed by atoms with Gasteiger partial charge in [-0.2, -0.15) is 0 Å². The van der Waals surface area contributed by atoms with E-state index in [1.54, 1.807) is 6.21 Å². The van der Waals surface area contributed by atoms with E-state index in [4.69, 9.17) is 4.74 Å². The first kappa shape index (κ1) is 16.8. The van der Waals surface area contributed by atoms with Crippen LogP contribution in [0.25, 0.3) is 0 Å². The Kier molecular flexibility index (Phi) is 4.13. The zero-order valence-electron chi connectivity index (χ0n) is 15.5. The summed E-state index contributed by atoms with van der Waals surface area (Å²) in [7, 11) is 0. The average Bonchev–Trinajstić information content (AvgIpc) is 3.34. The third-order valence-corrected chi connectivity index (χ3v) is 6.49. The SMILES string of the molecule is CC[C@@H]1C[C@@H](OC(=O)NC2CCC2)C[C@@H]1c1nnc2n1C1C=CNC1N=C2. The molecule has 8 heteroatoms. The molecule has 0 bridgehead atoms. The molecule has 0 spiro atoms. The largest absolute Gasteiger partial charge is 0.446 e. The molecule has 0 saturated heterocycles. The van der Waals surface area contributed by atoms with Crippen LogP contribution in [0, 0.1) is 5.92 Å². The topological polar surface area (TPSA) is 93.4 Å². The van der Waals surface area contributed by atoms with E-state index >= 15 is 0 Å². The smallest absolute Gasteiger partial charge is 0.407 e. The molecule has 2 N–H and O–H groups in total. The third kappa shape index (κ3) is 2.91. The van der Waals surface area contributed by atoms with Gasteiger partial charge in [-0.1, -0.05) is 13.3 Å². The zero-order chi connectivity index (χ0) is 18.4. The Hall–Kier alpha value is -2.38. The maximum atomic E-state index is 12.2. The summed E-state index contributed by atoms with van der Waals surface area (Å²) in [5, 5.41) is 15.1. The van der Waals surface area contributed by atoms with Crippen molar-refractivity contribution >= 4 is 12.3 Å². The van der Waals surface area contributed by atoms with E-state index in [0.29, 0.717) is 12.0 Å². The van der Waals surface area contributed by atoms with E-state index in [1.807, 2.05) is 6.20 Å². The molecule has 2 unspecified atom stereocenters. The van der Waals surface area contributed by atoms with E-state index in [-0.39, 0.29) is 30.3 Å². The number of hydrogen-bond donors (Lipinski definition) is 2. The fourth-order valence-corrected chi connectivity index (χ4v) is 4.77. The monoisotopic (exact) mass is 370 g/mol. The molecule has 1 aromatic heterocycles. The molecule has 3 heterocycles. The lowest BCUT2D eigenvalue weighted by Crippen LogP contribution is -2.40. The summed E-state index contributed by atoms with van der Waals surface area (Å²) in [6, 6.07) is 0.424. The number of amides is 1. The summed E-state index contributed by atoms with van der Waals surface area (Å²) >= 11 is 0. The summed E-state index contributed by atoms with van der Waals surface area (Å²) in [5.41, 5.74) is 0. The van der Waals surface area contributed by atoms with E-state index < -0.39 is 0 Å². The highest BCUT2D eigenvalue weighted by Crippen LogP contribution is 2.43. The van der Waals surface area contributed by atoms with Crippen LogP contribution in [-0.4, -0.2) is 45.4 Å². The molecule has 2 saturated carbocycles. The molecule has 144 valence electrons. The number of aromatic nitrogens is 3. The van der Waals surface area contributed by atoms with Gasteiger partial charge in [0.15, 0.2) is 5.82 Å². The van der Waals surface area contributed by atoms with Crippen molar-refractivity contribution in [2.45, 2.75) is 75.7 Å². The van der Waals surface area contributed by atoms with E-state index in [2.05, 4.69) is 43.4 Å². The Balaban J connectivity index is 1.33. The van der Waals surface area contributed by atoms with Crippen LogP contribution in [0.15, 0.2) is 17.3 Å². The zero-order valence-corrected chi connectivity index (χ0v) is 15.5. The molecule has 0 radical (unpaired) electrons. The van der Waals surface area contributed by atoms with Crippen LogP contribution in [-0.2, 0) is 4.74 Å². The van der Waals surface area contributed by atoms with Crippen LogP contribution < -0.4 is 10.6 Å². The molecule has 2 fully saturated rings. The number of rotatable bonds is 4. The number of aliphatic imine (C=N–C) groups is 1. The average molecular weight is 370 g/mol.